The number of rotatable bonds is 4. The molecule has 1 N–H and O–H groups in total. The van der Waals surface area contributed by atoms with Crippen molar-refractivity contribution >= 4 is 34.6 Å². The maximum absolute atomic E-state index is 12.4. The lowest BCUT2D eigenvalue weighted by molar-refractivity contribution is 0.0930. The Bertz CT molecular complexity index is 966. The molecule has 0 atom stereocenters. The minimum absolute atomic E-state index is 0.103. The van der Waals surface area contributed by atoms with E-state index in [-0.39, 0.29) is 11.9 Å². The fraction of sp³-hybridized carbons (Fsp3) is 0.316. The molecule has 0 radical (unpaired) electrons. The largest absolute Gasteiger partial charge is 0.481 e. The summed E-state index contributed by atoms with van der Waals surface area (Å²) in [5.41, 5.74) is 2.01. The number of ether oxygens (including phenoxy) is 1. The average Bonchev–Trinajstić information content (AvgIpc) is 3.11. The Morgan fingerprint density at radius 3 is 2.89 bits per heavy atom. The zero-order valence-corrected chi connectivity index (χ0v) is 15.6. The van der Waals surface area contributed by atoms with E-state index in [1.165, 1.54) is 7.11 Å². The number of aromatic nitrogens is 2. The van der Waals surface area contributed by atoms with Crippen molar-refractivity contribution in [1.82, 2.24) is 15.3 Å². The summed E-state index contributed by atoms with van der Waals surface area (Å²) in [5, 5.41) is 3.70. The van der Waals surface area contributed by atoms with E-state index in [1.54, 1.807) is 30.5 Å². The quantitative estimate of drug-likeness (QED) is 0.741. The summed E-state index contributed by atoms with van der Waals surface area (Å²) >= 11 is 6.00. The Balaban J connectivity index is 1.37. The van der Waals surface area contributed by atoms with Gasteiger partial charge < -0.3 is 19.4 Å². The number of halogens is 1. The highest BCUT2D eigenvalue weighted by molar-refractivity contribution is 6.31. The molecule has 3 aromatic rings. The molecule has 7 nitrogen and oxygen atoms in total. The van der Waals surface area contributed by atoms with Gasteiger partial charge in [-0.1, -0.05) is 11.6 Å². The van der Waals surface area contributed by atoms with Gasteiger partial charge >= 0.3 is 0 Å². The standard InChI is InChI=1S/C19H19ClN4O3/c1-26-17-10-12(4-7-21-17)18(25)22-14-5-8-24(9-6-14)19-23-15-3-2-13(20)11-16(15)27-19/h2-4,7,10-11,14H,5-6,8-9H2,1H3,(H,22,25). The molecule has 8 heteroatoms. The highest BCUT2D eigenvalue weighted by Gasteiger charge is 2.24. The number of benzene rings is 1. The van der Waals surface area contributed by atoms with Crippen molar-refractivity contribution in [1.29, 1.82) is 0 Å². The number of methoxy groups -OCH3 is 1. The molecule has 0 saturated carbocycles. The molecule has 3 heterocycles. The maximum Gasteiger partial charge on any atom is 0.298 e. The number of anilines is 1. The van der Waals surface area contributed by atoms with Gasteiger partial charge in [0.05, 0.1) is 7.11 Å². The van der Waals surface area contributed by atoms with E-state index in [4.69, 9.17) is 20.8 Å². The number of nitrogens with one attached hydrogen (secondary N) is 1. The molecule has 0 aliphatic carbocycles. The Morgan fingerprint density at radius 2 is 2.11 bits per heavy atom. The molecule has 1 aliphatic rings. The monoisotopic (exact) mass is 386 g/mol. The van der Waals surface area contributed by atoms with Gasteiger partial charge in [-0.3, -0.25) is 4.79 Å². The molecule has 2 aromatic heterocycles. The number of hydrogen-bond acceptors (Lipinski definition) is 6. The van der Waals surface area contributed by atoms with E-state index >= 15 is 0 Å². The zero-order valence-electron chi connectivity index (χ0n) is 14.8. The minimum atomic E-state index is -0.120. The number of carbonyl (C=O) groups is 1. The summed E-state index contributed by atoms with van der Waals surface area (Å²) < 4.78 is 10.9. The van der Waals surface area contributed by atoms with Crippen molar-refractivity contribution in [3.63, 3.8) is 0 Å². The lowest BCUT2D eigenvalue weighted by Gasteiger charge is -2.31. The van der Waals surface area contributed by atoms with Gasteiger partial charge in [0.2, 0.25) is 5.88 Å². The summed E-state index contributed by atoms with van der Waals surface area (Å²) in [6.07, 6.45) is 3.19. The van der Waals surface area contributed by atoms with E-state index in [9.17, 15) is 4.79 Å². The first-order valence-corrected chi connectivity index (χ1v) is 9.12. The van der Waals surface area contributed by atoms with E-state index in [0.29, 0.717) is 28.1 Å². The van der Waals surface area contributed by atoms with Gasteiger partial charge in [-0.15, -0.1) is 0 Å². The third-order valence-corrected chi connectivity index (χ3v) is 4.88. The van der Waals surface area contributed by atoms with Crippen LogP contribution in [0.25, 0.3) is 11.1 Å². The van der Waals surface area contributed by atoms with Crippen LogP contribution in [0, 0.1) is 0 Å². The lowest BCUT2D eigenvalue weighted by Crippen LogP contribution is -2.44. The fourth-order valence-corrected chi connectivity index (χ4v) is 3.33. The van der Waals surface area contributed by atoms with Crippen LogP contribution in [0.4, 0.5) is 6.01 Å². The SMILES string of the molecule is COc1cc(C(=O)NC2CCN(c3nc4ccc(Cl)cc4o3)CC2)ccn1. The fourth-order valence-electron chi connectivity index (χ4n) is 3.17. The number of pyridine rings is 1. The molecule has 1 amide bonds. The molecule has 1 aromatic carbocycles. The van der Waals surface area contributed by atoms with Gasteiger partial charge in [-0.2, -0.15) is 4.98 Å². The molecule has 0 unspecified atom stereocenters. The van der Waals surface area contributed by atoms with Crippen molar-refractivity contribution in [3.8, 4) is 5.88 Å². The highest BCUT2D eigenvalue weighted by Crippen LogP contribution is 2.26. The lowest BCUT2D eigenvalue weighted by atomic mass is 10.0. The van der Waals surface area contributed by atoms with Crippen molar-refractivity contribution in [2.75, 3.05) is 25.1 Å². The summed E-state index contributed by atoms with van der Waals surface area (Å²) in [7, 11) is 1.53. The van der Waals surface area contributed by atoms with Crippen molar-refractivity contribution in [3.05, 3.63) is 47.1 Å². The molecular formula is C19H19ClN4O3. The van der Waals surface area contributed by atoms with Gasteiger partial charge in [0.15, 0.2) is 5.58 Å². The first-order valence-electron chi connectivity index (χ1n) is 8.74. The van der Waals surface area contributed by atoms with Crippen molar-refractivity contribution < 1.29 is 13.9 Å². The van der Waals surface area contributed by atoms with E-state index in [1.807, 2.05) is 6.07 Å². The predicted octanol–water partition coefficient (Wildman–Crippen LogP) is 3.28. The molecule has 4 rings (SSSR count). The van der Waals surface area contributed by atoms with Crippen LogP contribution in [-0.4, -0.2) is 42.1 Å². The number of fused-ring (bicyclic) bond motifs is 1. The minimum Gasteiger partial charge on any atom is -0.481 e. The number of hydrogen-bond donors (Lipinski definition) is 1. The number of amides is 1. The Kier molecular flexibility index (Phi) is 4.85. The average molecular weight is 387 g/mol. The van der Waals surface area contributed by atoms with Crippen molar-refractivity contribution in [2.45, 2.75) is 18.9 Å². The van der Waals surface area contributed by atoms with Crippen LogP contribution in [0.1, 0.15) is 23.2 Å². The van der Waals surface area contributed by atoms with Gasteiger partial charge in [-0.25, -0.2) is 4.98 Å². The molecule has 0 bridgehead atoms. The van der Waals surface area contributed by atoms with Gasteiger partial charge in [0.1, 0.15) is 5.52 Å². The first-order chi connectivity index (χ1) is 13.1. The van der Waals surface area contributed by atoms with Crippen LogP contribution < -0.4 is 15.0 Å². The smallest absolute Gasteiger partial charge is 0.298 e. The summed E-state index contributed by atoms with van der Waals surface area (Å²) in [5.74, 6) is 0.305. The normalized spacial score (nSPS) is 15.1. The van der Waals surface area contributed by atoms with Crippen LogP contribution in [-0.2, 0) is 0 Å². The zero-order chi connectivity index (χ0) is 18.8. The maximum atomic E-state index is 12.4. The molecule has 1 fully saturated rings. The van der Waals surface area contributed by atoms with Crippen LogP contribution in [0.5, 0.6) is 5.88 Å². The Morgan fingerprint density at radius 1 is 1.30 bits per heavy atom. The van der Waals surface area contributed by atoms with Gasteiger partial charge in [0.25, 0.3) is 11.9 Å². The van der Waals surface area contributed by atoms with Crippen LogP contribution >= 0.6 is 11.6 Å². The molecule has 0 spiro atoms. The van der Waals surface area contributed by atoms with Crippen LogP contribution in [0.15, 0.2) is 40.9 Å². The van der Waals surface area contributed by atoms with Crippen LogP contribution in [0.2, 0.25) is 5.02 Å². The second-order valence-corrected chi connectivity index (χ2v) is 6.87. The molecule has 27 heavy (non-hydrogen) atoms. The Hall–Kier alpha value is -2.80. The number of oxazole rings is 1. The predicted molar refractivity (Wildman–Crippen MR) is 103 cm³/mol. The summed E-state index contributed by atoms with van der Waals surface area (Å²) in [6, 6.07) is 9.42. The summed E-state index contributed by atoms with van der Waals surface area (Å²) in [4.78, 5) is 23.1. The number of nitrogens with zero attached hydrogens (tertiary/aromatic N) is 3. The highest BCUT2D eigenvalue weighted by atomic mass is 35.5. The molecule has 140 valence electrons. The second-order valence-electron chi connectivity index (χ2n) is 6.43. The number of piperidine rings is 1. The van der Waals surface area contributed by atoms with E-state index < -0.39 is 0 Å². The topological polar surface area (TPSA) is 80.5 Å². The summed E-state index contributed by atoms with van der Waals surface area (Å²) in [6.45, 7) is 1.51. The van der Waals surface area contributed by atoms with Crippen LogP contribution in [0.3, 0.4) is 0 Å². The van der Waals surface area contributed by atoms with E-state index in [0.717, 1.165) is 31.4 Å². The molecule has 1 saturated heterocycles. The van der Waals surface area contributed by atoms with Crippen molar-refractivity contribution in [2.24, 2.45) is 0 Å². The second kappa shape index (κ2) is 7.44. The van der Waals surface area contributed by atoms with Gasteiger partial charge in [0, 0.05) is 48.0 Å². The molecule has 1 aliphatic heterocycles. The third-order valence-electron chi connectivity index (χ3n) is 4.65. The third kappa shape index (κ3) is 3.83. The first kappa shape index (κ1) is 17.6. The van der Waals surface area contributed by atoms with Gasteiger partial charge in [-0.05, 0) is 31.0 Å². The Labute approximate surface area is 161 Å². The van der Waals surface area contributed by atoms with E-state index in [2.05, 4.69) is 20.2 Å². The number of carbonyl (C=O) groups excluding carboxylic acids is 1. The molecular weight excluding hydrogens is 368 g/mol.